The Kier molecular flexibility index (Phi) is 3.16. The second kappa shape index (κ2) is 4.17. The van der Waals surface area contributed by atoms with Crippen molar-refractivity contribution < 1.29 is 19.4 Å². The highest BCUT2D eigenvalue weighted by Gasteiger charge is 2.13. The number of carbonyl (C=O) groups is 1. The first kappa shape index (κ1) is 10.6. The zero-order valence-corrected chi connectivity index (χ0v) is 7.27. The van der Waals surface area contributed by atoms with E-state index < -0.39 is 23.4 Å². The Hall–Kier alpha value is -1.46. The fourth-order valence-electron chi connectivity index (χ4n) is 1.04. The van der Waals surface area contributed by atoms with E-state index in [1.807, 2.05) is 0 Å². The number of carboxylic acids is 1. The number of aliphatic hydroxyl groups excluding tert-OH is 1. The number of benzene rings is 1. The maximum absolute atomic E-state index is 12.9. The molecule has 0 saturated heterocycles. The van der Waals surface area contributed by atoms with Gasteiger partial charge in [-0.1, -0.05) is 6.07 Å². The molecule has 0 aliphatic carbocycles. The van der Waals surface area contributed by atoms with E-state index in [-0.39, 0.29) is 6.61 Å². The highest BCUT2D eigenvalue weighted by atomic mass is 19.1. The van der Waals surface area contributed by atoms with Gasteiger partial charge in [-0.05, 0) is 17.7 Å². The zero-order valence-electron chi connectivity index (χ0n) is 7.27. The summed E-state index contributed by atoms with van der Waals surface area (Å²) in [6, 6.07) is 2.81. The Morgan fingerprint density at radius 3 is 2.71 bits per heavy atom. The number of aliphatic hydroxyl groups is 1. The topological polar surface area (TPSA) is 83.5 Å². The lowest BCUT2D eigenvalue weighted by Gasteiger charge is -2.09. The molecule has 4 N–H and O–H groups in total. The van der Waals surface area contributed by atoms with Crippen LogP contribution in [0.2, 0.25) is 0 Å². The lowest BCUT2D eigenvalue weighted by molar-refractivity contribution is 0.0691. The highest BCUT2D eigenvalue weighted by molar-refractivity contribution is 5.88. The van der Waals surface area contributed by atoms with Gasteiger partial charge in [-0.25, -0.2) is 9.18 Å². The molecule has 4 nitrogen and oxygen atoms in total. The largest absolute Gasteiger partial charge is 0.478 e. The Labute approximate surface area is 79.8 Å². The van der Waals surface area contributed by atoms with Crippen LogP contribution in [0.25, 0.3) is 0 Å². The number of hydrogen-bond donors (Lipinski definition) is 3. The Balaban J connectivity index is 3.12. The van der Waals surface area contributed by atoms with Gasteiger partial charge in [0.2, 0.25) is 0 Å². The van der Waals surface area contributed by atoms with Gasteiger partial charge in [0.15, 0.2) is 0 Å². The third-order valence-corrected chi connectivity index (χ3v) is 1.85. The van der Waals surface area contributed by atoms with E-state index in [9.17, 15) is 9.18 Å². The van der Waals surface area contributed by atoms with Crippen molar-refractivity contribution in [1.82, 2.24) is 0 Å². The fraction of sp³-hybridized carbons (Fsp3) is 0.222. The summed E-state index contributed by atoms with van der Waals surface area (Å²) in [7, 11) is 0. The molecular weight excluding hydrogens is 189 g/mol. The van der Waals surface area contributed by atoms with Crippen molar-refractivity contribution in [2.75, 3.05) is 6.61 Å². The third kappa shape index (κ3) is 2.07. The van der Waals surface area contributed by atoms with Gasteiger partial charge < -0.3 is 15.9 Å². The summed E-state index contributed by atoms with van der Waals surface area (Å²) in [6.45, 7) is -0.315. The number of carboxylic acid groups (broad SMARTS) is 1. The molecule has 0 amide bonds. The van der Waals surface area contributed by atoms with Crippen molar-refractivity contribution in [3.8, 4) is 0 Å². The van der Waals surface area contributed by atoms with E-state index in [0.29, 0.717) is 5.56 Å². The normalized spacial score (nSPS) is 12.5. The smallest absolute Gasteiger partial charge is 0.338 e. The standard InChI is InChI=1S/C9H10FNO3/c10-7-2-1-5(8(11)4-12)3-6(7)9(13)14/h1-3,8,12H,4,11H2,(H,13,14)/t8-/m1/s1. The summed E-state index contributed by atoms with van der Waals surface area (Å²) >= 11 is 0. The minimum absolute atomic E-state index is 0.315. The minimum atomic E-state index is -1.35. The molecular formula is C9H10FNO3. The SMILES string of the molecule is N[C@H](CO)c1ccc(F)c(C(=O)O)c1. The molecule has 5 heteroatoms. The first-order chi connectivity index (χ1) is 6.56. The van der Waals surface area contributed by atoms with Crippen LogP contribution in [-0.4, -0.2) is 22.8 Å². The van der Waals surface area contributed by atoms with Crippen molar-refractivity contribution in [1.29, 1.82) is 0 Å². The van der Waals surface area contributed by atoms with Gasteiger partial charge in [0.25, 0.3) is 0 Å². The van der Waals surface area contributed by atoms with Crippen molar-refractivity contribution in [3.63, 3.8) is 0 Å². The van der Waals surface area contributed by atoms with Crippen LogP contribution in [-0.2, 0) is 0 Å². The first-order valence-corrected chi connectivity index (χ1v) is 3.95. The highest BCUT2D eigenvalue weighted by Crippen LogP contribution is 2.15. The average Bonchev–Trinajstić information content (AvgIpc) is 2.17. The van der Waals surface area contributed by atoms with E-state index in [4.69, 9.17) is 15.9 Å². The molecule has 1 aromatic rings. The zero-order chi connectivity index (χ0) is 10.7. The van der Waals surface area contributed by atoms with Crippen LogP contribution in [0.15, 0.2) is 18.2 Å². The van der Waals surface area contributed by atoms with Gasteiger partial charge in [-0.3, -0.25) is 0 Å². The van der Waals surface area contributed by atoms with E-state index in [1.165, 1.54) is 6.07 Å². The third-order valence-electron chi connectivity index (χ3n) is 1.85. The lowest BCUT2D eigenvalue weighted by atomic mass is 10.0. The molecule has 0 heterocycles. The van der Waals surface area contributed by atoms with Crippen LogP contribution in [0.1, 0.15) is 22.0 Å². The predicted molar refractivity (Wildman–Crippen MR) is 47.4 cm³/mol. The van der Waals surface area contributed by atoms with Gasteiger partial charge in [0.05, 0.1) is 18.2 Å². The van der Waals surface area contributed by atoms with Gasteiger partial charge in [0.1, 0.15) is 5.82 Å². The molecule has 0 spiro atoms. The molecule has 0 bridgehead atoms. The minimum Gasteiger partial charge on any atom is -0.478 e. The van der Waals surface area contributed by atoms with Crippen LogP contribution in [0.3, 0.4) is 0 Å². The number of nitrogens with two attached hydrogens (primary N) is 1. The maximum atomic E-state index is 12.9. The molecule has 0 aliphatic heterocycles. The van der Waals surface area contributed by atoms with Crippen molar-refractivity contribution in [2.24, 2.45) is 5.73 Å². The number of halogens is 1. The molecule has 0 aromatic heterocycles. The Morgan fingerprint density at radius 2 is 2.21 bits per heavy atom. The predicted octanol–water partition coefficient (Wildman–Crippen LogP) is 0.516. The van der Waals surface area contributed by atoms with Crippen LogP contribution in [0, 0.1) is 5.82 Å². The van der Waals surface area contributed by atoms with Crippen molar-refractivity contribution >= 4 is 5.97 Å². The summed E-state index contributed by atoms with van der Waals surface area (Å²) in [5.74, 6) is -2.17. The van der Waals surface area contributed by atoms with Crippen LogP contribution < -0.4 is 5.73 Å². The van der Waals surface area contributed by atoms with Crippen LogP contribution in [0.4, 0.5) is 4.39 Å². The second-order valence-corrected chi connectivity index (χ2v) is 2.83. The van der Waals surface area contributed by atoms with Crippen LogP contribution >= 0.6 is 0 Å². The van der Waals surface area contributed by atoms with Gasteiger partial charge in [-0.15, -0.1) is 0 Å². The average molecular weight is 199 g/mol. The summed E-state index contributed by atoms with van der Waals surface area (Å²) in [5, 5.41) is 17.3. The lowest BCUT2D eigenvalue weighted by Crippen LogP contribution is -2.15. The second-order valence-electron chi connectivity index (χ2n) is 2.83. The molecule has 0 fully saturated rings. The Morgan fingerprint density at radius 1 is 1.57 bits per heavy atom. The first-order valence-electron chi connectivity index (χ1n) is 3.95. The molecule has 1 rings (SSSR count). The molecule has 76 valence electrons. The van der Waals surface area contributed by atoms with E-state index in [1.54, 1.807) is 0 Å². The quantitative estimate of drug-likeness (QED) is 0.662. The monoisotopic (exact) mass is 199 g/mol. The van der Waals surface area contributed by atoms with Gasteiger partial charge in [-0.2, -0.15) is 0 Å². The molecule has 1 atom stereocenters. The van der Waals surface area contributed by atoms with Crippen molar-refractivity contribution in [3.05, 3.63) is 35.1 Å². The number of rotatable bonds is 3. The summed E-state index contributed by atoms with van der Waals surface area (Å²) in [6.07, 6.45) is 0. The van der Waals surface area contributed by atoms with Gasteiger partial charge in [0, 0.05) is 0 Å². The molecule has 0 unspecified atom stereocenters. The summed E-state index contributed by atoms with van der Waals surface area (Å²) in [5.41, 5.74) is 5.40. The molecule has 1 aromatic carbocycles. The summed E-state index contributed by atoms with van der Waals surface area (Å²) < 4.78 is 12.9. The molecule has 0 saturated carbocycles. The summed E-state index contributed by atoms with van der Waals surface area (Å²) in [4.78, 5) is 10.5. The number of hydrogen-bond acceptors (Lipinski definition) is 3. The van der Waals surface area contributed by atoms with Crippen LogP contribution in [0.5, 0.6) is 0 Å². The Bertz CT molecular complexity index is 354. The van der Waals surface area contributed by atoms with E-state index in [0.717, 1.165) is 12.1 Å². The van der Waals surface area contributed by atoms with E-state index in [2.05, 4.69) is 0 Å². The van der Waals surface area contributed by atoms with E-state index >= 15 is 0 Å². The number of aromatic carboxylic acids is 1. The van der Waals surface area contributed by atoms with Gasteiger partial charge >= 0.3 is 5.97 Å². The molecule has 14 heavy (non-hydrogen) atoms. The fourth-order valence-corrected chi connectivity index (χ4v) is 1.04. The van der Waals surface area contributed by atoms with Crippen molar-refractivity contribution in [2.45, 2.75) is 6.04 Å². The molecule has 0 radical (unpaired) electrons. The maximum Gasteiger partial charge on any atom is 0.338 e. The molecule has 0 aliphatic rings.